The first-order chi connectivity index (χ1) is 9.10. The maximum atomic E-state index is 13.1. The van der Waals surface area contributed by atoms with Crippen molar-refractivity contribution in [2.45, 2.75) is 26.3 Å². The van der Waals surface area contributed by atoms with Crippen molar-refractivity contribution in [3.63, 3.8) is 0 Å². The van der Waals surface area contributed by atoms with Crippen molar-refractivity contribution in [1.82, 2.24) is 20.5 Å². The molecule has 0 spiro atoms. The number of rotatable bonds is 4. The Morgan fingerprint density at radius 1 is 1.53 bits per heavy atom. The number of nitrogens with one attached hydrogen (secondary N) is 2. The Labute approximate surface area is 110 Å². The zero-order valence-corrected chi connectivity index (χ0v) is 10.8. The van der Waals surface area contributed by atoms with Crippen LogP contribution in [0.25, 0.3) is 0 Å². The van der Waals surface area contributed by atoms with Gasteiger partial charge in [-0.15, -0.1) is 5.10 Å². The van der Waals surface area contributed by atoms with Crippen LogP contribution in [0.5, 0.6) is 0 Å². The number of halogens is 1. The molecule has 1 unspecified atom stereocenters. The Morgan fingerprint density at radius 3 is 2.95 bits per heavy atom. The number of carbonyl (C=O) groups excluding carboxylic acids is 1. The fourth-order valence-corrected chi connectivity index (χ4v) is 1.68. The van der Waals surface area contributed by atoms with E-state index >= 15 is 0 Å². The predicted molar refractivity (Wildman–Crippen MR) is 68.0 cm³/mol. The summed E-state index contributed by atoms with van der Waals surface area (Å²) in [5, 5.41) is 9.23. The van der Waals surface area contributed by atoms with Gasteiger partial charge in [0.2, 0.25) is 5.82 Å². The van der Waals surface area contributed by atoms with Crippen LogP contribution in [0.3, 0.4) is 0 Å². The van der Waals surface area contributed by atoms with Gasteiger partial charge in [-0.3, -0.25) is 9.89 Å². The van der Waals surface area contributed by atoms with Gasteiger partial charge in [0, 0.05) is 6.42 Å². The molecule has 0 bridgehead atoms. The number of amides is 1. The number of aromatic nitrogens is 3. The van der Waals surface area contributed by atoms with Gasteiger partial charge in [-0.25, -0.2) is 9.37 Å². The first kappa shape index (κ1) is 13.2. The molecule has 19 heavy (non-hydrogen) atoms. The van der Waals surface area contributed by atoms with Crippen molar-refractivity contribution < 1.29 is 9.18 Å². The summed E-state index contributed by atoms with van der Waals surface area (Å²) in [7, 11) is 0. The van der Waals surface area contributed by atoms with E-state index in [1.807, 2.05) is 6.92 Å². The van der Waals surface area contributed by atoms with E-state index in [0.717, 1.165) is 0 Å². The molecule has 0 radical (unpaired) electrons. The zero-order valence-electron chi connectivity index (χ0n) is 10.8. The van der Waals surface area contributed by atoms with E-state index in [-0.39, 0.29) is 23.6 Å². The first-order valence-electron chi connectivity index (χ1n) is 6.07. The third-order valence-corrected chi connectivity index (χ3v) is 2.77. The van der Waals surface area contributed by atoms with Crippen molar-refractivity contribution in [1.29, 1.82) is 0 Å². The Hall–Kier alpha value is -2.24. The molecular weight excluding hydrogens is 247 g/mol. The van der Waals surface area contributed by atoms with E-state index in [2.05, 4.69) is 20.5 Å². The van der Waals surface area contributed by atoms with Gasteiger partial charge in [-0.05, 0) is 24.6 Å². The highest BCUT2D eigenvalue weighted by atomic mass is 19.1. The molecule has 6 heteroatoms. The van der Waals surface area contributed by atoms with E-state index in [4.69, 9.17) is 0 Å². The Bertz CT molecular complexity index is 582. The lowest BCUT2D eigenvalue weighted by atomic mass is 10.1. The molecule has 1 atom stereocenters. The van der Waals surface area contributed by atoms with Crippen molar-refractivity contribution >= 4 is 5.91 Å². The third-order valence-electron chi connectivity index (χ3n) is 2.77. The number of benzene rings is 1. The van der Waals surface area contributed by atoms with E-state index in [1.54, 1.807) is 19.1 Å². The number of nitrogens with zero attached hydrogens (tertiary/aromatic N) is 2. The fourth-order valence-electron chi connectivity index (χ4n) is 1.68. The normalized spacial score (nSPS) is 12.2. The topological polar surface area (TPSA) is 70.7 Å². The number of aromatic amines is 1. The minimum atomic E-state index is -0.382. The maximum Gasteiger partial charge on any atom is 0.291 e. The van der Waals surface area contributed by atoms with Crippen LogP contribution in [0.4, 0.5) is 4.39 Å². The molecule has 1 heterocycles. The molecular formula is C13H15FN4O. The second kappa shape index (κ2) is 5.60. The largest absolute Gasteiger partial charge is 0.343 e. The van der Waals surface area contributed by atoms with Gasteiger partial charge < -0.3 is 5.32 Å². The Morgan fingerprint density at radius 2 is 2.32 bits per heavy atom. The molecule has 0 fully saturated rings. The maximum absolute atomic E-state index is 13.1. The van der Waals surface area contributed by atoms with Crippen molar-refractivity contribution in [3.05, 3.63) is 47.3 Å². The fraction of sp³-hybridized carbons (Fsp3) is 0.308. The average molecular weight is 262 g/mol. The number of hydrogen-bond acceptors (Lipinski definition) is 3. The molecule has 0 aliphatic rings. The lowest BCUT2D eigenvalue weighted by Crippen LogP contribution is -2.27. The van der Waals surface area contributed by atoms with Gasteiger partial charge in [-0.1, -0.05) is 19.1 Å². The summed E-state index contributed by atoms with van der Waals surface area (Å²) in [5.74, 6) is 0.0427. The minimum Gasteiger partial charge on any atom is -0.343 e. The molecule has 0 saturated heterocycles. The van der Waals surface area contributed by atoms with Crippen LogP contribution in [0.2, 0.25) is 0 Å². The van der Waals surface area contributed by atoms with Crippen molar-refractivity contribution in [3.8, 4) is 0 Å². The Kier molecular flexibility index (Phi) is 3.89. The smallest absolute Gasteiger partial charge is 0.291 e. The average Bonchev–Trinajstić information content (AvgIpc) is 2.87. The van der Waals surface area contributed by atoms with Gasteiger partial charge >= 0.3 is 0 Å². The number of carbonyl (C=O) groups is 1. The van der Waals surface area contributed by atoms with Crippen molar-refractivity contribution in [2.24, 2.45) is 0 Å². The third kappa shape index (κ3) is 3.15. The SMILES string of the molecule is CCc1nc(C(=O)NC(C)c2cccc(F)c2)n[nH]1. The molecule has 2 N–H and O–H groups in total. The quantitative estimate of drug-likeness (QED) is 0.885. The molecule has 2 rings (SSSR count). The monoisotopic (exact) mass is 262 g/mol. The van der Waals surface area contributed by atoms with Gasteiger partial charge in [0.15, 0.2) is 0 Å². The summed E-state index contributed by atoms with van der Waals surface area (Å²) < 4.78 is 13.1. The van der Waals surface area contributed by atoms with Crippen LogP contribution < -0.4 is 5.32 Å². The summed E-state index contributed by atoms with van der Waals surface area (Å²) >= 11 is 0. The summed E-state index contributed by atoms with van der Waals surface area (Å²) in [6, 6.07) is 5.80. The minimum absolute atomic E-state index is 0.0973. The summed E-state index contributed by atoms with van der Waals surface area (Å²) in [6.45, 7) is 3.69. The van der Waals surface area contributed by atoms with Crippen molar-refractivity contribution in [2.75, 3.05) is 0 Å². The van der Waals surface area contributed by atoms with Crippen LogP contribution in [0.1, 0.15) is 41.9 Å². The number of hydrogen-bond donors (Lipinski definition) is 2. The lowest BCUT2D eigenvalue weighted by Gasteiger charge is -2.12. The zero-order chi connectivity index (χ0) is 13.8. The molecule has 2 aromatic rings. The van der Waals surface area contributed by atoms with Gasteiger partial charge in [-0.2, -0.15) is 0 Å². The molecule has 100 valence electrons. The van der Waals surface area contributed by atoms with Crippen LogP contribution in [0.15, 0.2) is 24.3 Å². The second-order valence-corrected chi connectivity index (χ2v) is 4.21. The molecule has 1 aromatic carbocycles. The highest BCUT2D eigenvalue weighted by Crippen LogP contribution is 2.13. The van der Waals surface area contributed by atoms with Gasteiger partial charge in [0.05, 0.1) is 6.04 Å². The second-order valence-electron chi connectivity index (χ2n) is 4.21. The molecule has 0 aliphatic heterocycles. The number of H-pyrrole nitrogens is 1. The highest BCUT2D eigenvalue weighted by Gasteiger charge is 2.15. The Balaban J connectivity index is 2.06. The lowest BCUT2D eigenvalue weighted by molar-refractivity contribution is 0.0929. The van der Waals surface area contributed by atoms with Gasteiger partial charge in [0.25, 0.3) is 5.91 Å². The standard InChI is InChI=1S/C13H15FN4O/c1-3-11-16-12(18-17-11)13(19)15-8(2)9-5-4-6-10(14)7-9/h4-8H,3H2,1-2H3,(H,15,19)(H,16,17,18). The van der Waals surface area contributed by atoms with Gasteiger partial charge in [0.1, 0.15) is 11.6 Å². The van der Waals surface area contributed by atoms with E-state index in [1.165, 1.54) is 12.1 Å². The molecule has 1 aromatic heterocycles. The summed E-state index contributed by atoms with van der Waals surface area (Å²) in [4.78, 5) is 15.9. The summed E-state index contributed by atoms with van der Waals surface area (Å²) in [6.07, 6.45) is 0.680. The van der Waals surface area contributed by atoms with E-state index < -0.39 is 0 Å². The molecule has 0 saturated carbocycles. The number of aryl methyl sites for hydroxylation is 1. The van der Waals surface area contributed by atoms with E-state index in [0.29, 0.717) is 17.8 Å². The van der Waals surface area contributed by atoms with Crippen LogP contribution in [-0.4, -0.2) is 21.1 Å². The molecule has 1 amide bonds. The highest BCUT2D eigenvalue weighted by molar-refractivity contribution is 5.90. The van der Waals surface area contributed by atoms with Crippen LogP contribution in [-0.2, 0) is 6.42 Å². The molecule has 5 nitrogen and oxygen atoms in total. The van der Waals surface area contributed by atoms with Crippen LogP contribution >= 0.6 is 0 Å². The predicted octanol–water partition coefficient (Wildman–Crippen LogP) is 2.00. The summed E-state index contributed by atoms with van der Waals surface area (Å²) in [5.41, 5.74) is 0.694. The first-order valence-corrected chi connectivity index (χ1v) is 6.07. The molecule has 0 aliphatic carbocycles. The van der Waals surface area contributed by atoms with E-state index in [9.17, 15) is 9.18 Å². The van der Waals surface area contributed by atoms with Crippen LogP contribution in [0, 0.1) is 5.82 Å².